The van der Waals surface area contributed by atoms with Gasteiger partial charge >= 0.3 is 0 Å². The quantitative estimate of drug-likeness (QED) is 0.849. The van der Waals surface area contributed by atoms with E-state index in [0.717, 1.165) is 21.3 Å². The number of rotatable bonds is 4. The highest BCUT2D eigenvalue weighted by atomic mass is 79.9. The predicted molar refractivity (Wildman–Crippen MR) is 85.5 cm³/mol. The van der Waals surface area contributed by atoms with Crippen molar-refractivity contribution in [3.63, 3.8) is 0 Å². The van der Waals surface area contributed by atoms with Crippen LogP contribution in [0.15, 0.2) is 41.0 Å². The first kappa shape index (κ1) is 15.5. The molecule has 0 fully saturated rings. The molecular formula is C16H17BrN2O2. The number of pyridine rings is 1. The molecule has 2 aromatic rings. The van der Waals surface area contributed by atoms with E-state index in [1.807, 2.05) is 25.1 Å². The third-order valence-electron chi connectivity index (χ3n) is 3.14. The first-order chi connectivity index (χ1) is 10.0. The van der Waals surface area contributed by atoms with Crippen LogP contribution in [0, 0.1) is 6.92 Å². The maximum absolute atomic E-state index is 12.4. The topological polar surface area (TPSA) is 42.4 Å². The van der Waals surface area contributed by atoms with E-state index < -0.39 is 0 Å². The molecule has 0 saturated carbocycles. The van der Waals surface area contributed by atoms with E-state index >= 15 is 0 Å². The zero-order chi connectivity index (χ0) is 15.4. The van der Waals surface area contributed by atoms with Crippen LogP contribution in [0.25, 0.3) is 0 Å². The predicted octanol–water partition coefficient (Wildman–Crippen LogP) is 3.43. The Kier molecular flexibility index (Phi) is 4.96. The second-order valence-corrected chi connectivity index (χ2v) is 5.75. The summed E-state index contributed by atoms with van der Waals surface area (Å²) in [7, 11) is 3.39. The molecule has 0 atom stereocenters. The third kappa shape index (κ3) is 3.82. The van der Waals surface area contributed by atoms with Gasteiger partial charge in [-0.3, -0.25) is 4.79 Å². The van der Waals surface area contributed by atoms with E-state index in [1.54, 1.807) is 37.4 Å². The molecular weight excluding hydrogens is 332 g/mol. The summed E-state index contributed by atoms with van der Waals surface area (Å²) >= 11 is 3.31. The van der Waals surface area contributed by atoms with Crippen molar-refractivity contribution in [3.8, 4) is 5.75 Å². The number of nitrogens with zero attached hydrogens (tertiary/aromatic N) is 2. The van der Waals surface area contributed by atoms with E-state index in [1.165, 1.54) is 0 Å². The molecule has 5 heteroatoms. The normalized spacial score (nSPS) is 10.3. The van der Waals surface area contributed by atoms with Crippen molar-refractivity contribution < 1.29 is 9.53 Å². The van der Waals surface area contributed by atoms with E-state index in [2.05, 4.69) is 20.9 Å². The van der Waals surface area contributed by atoms with Crippen LogP contribution < -0.4 is 4.74 Å². The molecule has 0 spiro atoms. The molecule has 110 valence electrons. The molecule has 0 bridgehead atoms. The minimum absolute atomic E-state index is 0.119. The smallest absolute Gasteiger partial charge is 0.272 e. The van der Waals surface area contributed by atoms with Crippen LogP contribution in [0.3, 0.4) is 0 Å². The second-order valence-electron chi connectivity index (χ2n) is 4.84. The fourth-order valence-electron chi connectivity index (χ4n) is 2.06. The Balaban J connectivity index is 2.17. The number of aryl methyl sites for hydroxylation is 1. The molecule has 1 aromatic carbocycles. The van der Waals surface area contributed by atoms with E-state index in [-0.39, 0.29) is 5.91 Å². The second kappa shape index (κ2) is 6.72. The number of hydrogen-bond donors (Lipinski definition) is 0. The highest BCUT2D eigenvalue weighted by Gasteiger charge is 2.15. The number of hydrogen-bond acceptors (Lipinski definition) is 3. The number of amides is 1. The summed E-state index contributed by atoms with van der Waals surface area (Å²) in [6.07, 6.45) is 1.62. The minimum atomic E-state index is -0.119. The van der Waals surface area contributed by atoms with Crippen LogP contribution in [0.5, 0.6) is 5.75 Å². The van der Waals surface area contributed by atoms with Gasteiger partial charge in [-0.2, -0.15) is 0 Å². The van der Waals surface area contributed by atoms with Gasteiger partial charge in [0.1, 0.15) is 11.4 Å². The van der Waals surface area contributed by atoms with Gasteiger partial charge in [-0.05, 0) is 41.1 Å². The van der Waals surface area contributed by atoms with Crippen LogP contribution in [-0.4, -0.2) is 29.9 Å². The zero-order valence-corrected chi connectivity index (χ0v) is 13.8. The first-order valence-electron chi connectivity index (χ1n) is 6.52. The fraction of sp³-hybridized carbons (Fsp3) is 0.250. The van der Waals surface area contributed by atoms with Gasteiger partial charge in [-0.1, -0.05) is 17.7 Å². The summed E-state index contributed by atoms with van der Waals surface area (Å²) in [5.74, 6) is 0.662. The van der Waals surface area contributed by atoms with Gasteiger partial charge in [0.25, 0.3) is 5.91 Å². The highest BCUT2D eigenvalue weighted by molar-refractivity contribution is 9.10. The summed E-state index contributed by atoms with van der Waals surface area (Å²) in [6, 6.07) is 9.44. The molecule has 0 aliphatic heterocycles. The van der Waals surface area contributed by atoms with Crippen molar-refractivity contribution in [1.29, 1.82) is 0 Å². The Morgan fingerprint density at radius 2 is 2.10 bits per heavy atom. The molecule has 4 nitrogen and oxygen atoms in total. The number of benzene rings is 1. The molecule has 0 radical (unpaired) electrons. The monoisotopic (exact) mass is 348 g/mol. The lowest BCUT2D eigenvalue weighted by molar-refractivity contribution is 0.0778. The summed E-state index contributed by atoms with van der Waals surface area (Å²) in [5.41, 5.74) is 2.53. The lowest BCUT2D eigenvalue weighted by atomic mass is 10.1. The fourth-order valence-corrected chi connectivity index (χ4v) is 2.29. The standard InChI is InChI=1S/C16H17BrN2O2/c1-11-4-7-15(21-3)12(8-11)10-19(2)16(20)14-6-5-13(17)9-18-14/h4-9H,10H2,1-3H3. The number of carbonyl (C=O) groups is 1. The molecule has 1 aromatic heterocycles. The Bertz CT molecular complexity index is 641. The number of halogens is 1. The maximum Gasteiger partial charge on any atom is 0.272 e. The van der Waals surface area contributed by atoms with Gasteiger partial charge in [0.2, 0.25) is 0 Å². The molecule has 0 N–H and O–H groups in total. The van der Waals surface area contributed by atoms with E-state index in [0.29, 0.717) is 12.2 Å². The van der Waals surface area contributed by atoms with Crippen LogP contribution in [-0.2, 0) is 6.54 Å². The van der Waals surface area contributed by atoms with Crippen molar-refractivity contribution in [2.45, 2.75) is 13.5 Å². The van der Waals surface area contributed by atoms with Gasteiger partial charge in [-0.15, -0.1) is 0 Å². The van der Waals surface area contributed by atoms with Crippen LogP contribution in [0.2, 0.25) is 0 Å². The molecule has 0 unspecified atom stereocenters. The number of carbonyl (C=O) groups excluding carboxylic acids is 1. The third-order valence-corrected chi connectivity index (χ3v) is 3.61. The Labute approximate surface area is 132 Å². The lowest BCUT2D eigenvalue weighted by Crippen LogP contribution is -2.27. The molecule has 21 heavy (non-hydrogen) atoms. The molecule has 1 amide bonds. The van der Waals surface area contributed by atoms with Crippen molar-refractivity contribution in [2.24, 2.45) is 0 Å². The van der Waals surface area contributed by atoms with Crippen molar-refractivity contribution in [1.82, 2.24) is 9.88 Å². The number of ether oxygens (including phenoxy) is 1. The molecule has 2 rings (SSSR count). The summed E-state index contributed by atoms with van der Waals surface area (Å²) in [6.45, 7) is 2.49. The first-order valence-corrected chi connectivity index (χ1v) is 7.31. The van der Waals surface area contributed by atoms with Gasteiger partial charge in [-0.25, -0.2) is 4.98 Å². The van der Waals surface area contributed by atoms with Crippen LogP contribution >= 0.6 is 15.9 Å². The van der Waals surface area contributed by atoms with Gasteiger partial charge < -0.3 is 9.64 Å². The summed E-state index contributed by atoms with van der Waals surface area (Å²) < 4.78 is 6.19. The van der Waals surface area contributed by atoms with Crippen LogP contribution in [0.4, 0.5) is 0 Å². The Morgan fingerprint density at radius 1 is 1.33 bits per heavy atom. The zero-order valence-electron chi connectivity index (χ0n) is 12.3. The lowest BCUT2D eigenvalue weighted by Gasteiger charge is -2.19. The van der Waals surface area contributed by atoms with Crippen LogP contribution in [0.1, 0.15) is 21.6 Å². The van der Waals surface area contributed by atoms with Gasteiger partial charge in [0, 0.05) is 29.8 Å². The van der Waals surface area contributed by atoms with E-state index in [9.17, 15) is 4.79 Å². The molecule has 0 aliphatic rings. The van der Waals surface area contributed by atoms with Gasteiger partial charge in [0.05, 0.1) is 7.11 Å². The summed E-state index contributed by atoms with van der Waals surface area (Å²) in [4.78, 5) is 18.1. The SMILES string of the molecule is COc1ccc(C)cc1CN(C)C(=O)c1ccc(Br)cn1. The average Bonchev–Trinajstić information content (AvgIpc) is 2.47. The van der Waals surface area contributed by atoms with Crippen molar-refractivity contribution in [3.05, 3.63) is 57.8 Å². The van der Waals surface area contributed by atoms with Crippen molar-refractivity contribution >= 4 is 21.8 Å². The molecule has 1 heterocycles. The molecule has 0 aliphatic carbocycles. The van der Waals surface area contributed by atoms with Crippen molar-refractivity contribution in [2.75, 3.05) is 14.2 Å². The number of aromatic nitrogens is 1. The van der Waals surface area contributed by atoms with E-state index in [4.69, 9.17) is 4.74 Å². The average molecular weight is 349 g/mol. The molecule has 0 saturated heterocycles. The number of methoxy groups -OCH3 is 1. The largest absolute Gasteiger partial charge is 0.496 e. The maximum atomic E-state index is 12.4. The van der Waals surface area contributed by atoms with Gasteiger partial charge in [0.15, 0.2) is 0 Å². The minimum Gasteiger partial charge on any atom is -0.496 e. The Morgan fingerprint density at radius 3 is 2.71 bits per heavy atom. The summed E-state index contributed by atoms with van der Waals surface area (Å²) in [5, 5.41) is 0. The Hall–Kier alpha value is -1.88. The highest BCUT2D eigenvalue weighted by Crippen LogP contribution is 2.21.